The summed E-state index contributed by atoms with van der Waals surface area (Å²) >= 11 is 5.63. The molecule has 0 radical (unpaired) electrons. The lowest BCUT2D eigenvalue weighted by molar-refractivity contribution is 0.102. The van der Waals surface area contributed by atoms with Crippen LogP contribution in [0.4, 0.5) is 10.2 Å². The molecular weight excluding hydrogens is 247 g/mol. The van der Waals surface area contributed by atoms with Gasteiger partial charge in [0.25, 0.3) is 5.91 Å². The number of aromatic nitrogens is 3. The predicted octanol–water partition coefficient (Wildman–Crippen LogP) is 1.92. The van der Waals surface area contributed by atoms with Crippen LogP contribution in [0.15, 0.2) is 30.7 Å². The summed E-state index contributed by atoms with van der Waals surface area (Å²) in [5.74, 6) is -0.980. The van der Waals surface area contributed by atoms with E-state index in [2.05, 4.69) is 20.3 Å². The van der Waals surface area contributed by atoms with Crippen LogP contribution in [0.5, 0.6) is 0 Å². The second-order valence-electron chi connectivity index (χ2n) is 3.05. The first-order valence-corrected chi connectivity index (χ1v) is 4.93. The van der Waals surface area contributed by atoms with E-state index in [0.29, 0.717) is 0 Å². The standard InChI is InChI=1S/C10H6ClFN4O/c11-7-4-9(15-5-14-7)16-10(17)6-1-2-13-8(12)3-6/h1-5H,(H,14,15,16,17). The van der Waals surface area contributed by atoms with Gasteiger partial charge in [0.05, 0.1) is 0 Å². The molecule has 0 saturated carbocycles. The first kappa shape index (κ1) is 11.4. The van der Waals surface area contributed by atoms with Crippen molar-refractivity contribution < 1.29 is 9.18 Å². The van der Waals surface area contributed by atoms with Crippen molar-refractivity contribution in [2.24, 2.45) is 0 Å². The Kier molecular flexibility index (Phi) is 3.24. The van der Waals surface area contributed by atoms with E-state index in [9.17, 15) is 9.18 Å². The number of amides is 1. The molecule has 0 saturated heterocycles. The van der Waals surface area contributed by atoms with E-state index in [4.69, 9.17) is 11.6 Å². The Morgan fingerprint density at radius 3 is 2.82 bits per heavy atom. The SMILES string of the molecule is O=C(Nc1cc(Cl)ncn1)c1ccnc(F)c1. The Hall–Kier alpha value is -2.08. The van der Waals surface area contributed by atoms with Crippen LogP contribution >= 0.6 is 11.6 Å². The average Bonchev–Trinajstić information content (AvgIpc) is 2.29. The molecule has 0 aromatic carbocycles. The van der Waals surface area contributed by atoms with Gasteiger partial charge >= 0.3 is 0 Å². The molecule has 1 N–H and O–H groups in total. The second kappa shape index (κ2) is 4.84. The first-order valence-electron chi connectivity index (χ1n) is 4.55. The van der Waals surface area contributed by atoms with Gasteiger partial charge in [-0.2, -0.15) is 4.39 Å². The zero-order valence-corrected chi connectivity index (χ0v) is 9.15. The molecule has 0 spiro atoms. The molecule has 0 bridgehead atoms. The molecular formula is C10H6ClFN4O. The molecule has 0 fully saturated rings. The van der Waals surface area contributed by atoms with Gasteiger partial charge in [-0.1, -0.05) is 11.6 Å². The largest absolute Gasteiger partial charge is 0.306 e. The fraction of sp³-hybridized carbons (Fsp3) is 0. The number of rotatable bonds is 2. The molecule has 17 heavy (non-hydrogen) atoms. The van der Waals surface area contributed by atoms with E-state index in [0.717, 1.165) is 6.07 Å². The van der Waals surface area contributed by atoms with Crippen molar-refractivity contribution in [3.63, 3.8) is 0 Å². The molecule has 7 heteroatoms. The molecule has 0 aliphatic carbocycles. The summed E-state index contributed by atoms with van der Waals surface area (Å²) in [6.45, 7) is 0. The minimum absolute atomic E-state index is 0.146. The van der Waals surface area contributed by atoms with Crippen LogP contribution in [0.2, 0.25) is 5.15 Å². The van der Waals surface area contributed by atoms with Crippen LogP contribution in [-0.4, -0.2) is 20.9 Å². The Morgan fingerprint density at radius 1 is 1.29 bits per heavy atom. The maximum Gasteiger partial charge on any atom is 0.257 e. The van der Waals surface area contributed by atoms with Crippen molar-refractivity contribution in [1.29, 1.82) is 0 Å². The molecule has 0 aliphatic heterocycles. The van der Waals surface area contributed by atoms with Crippen molar-refractivity contribution in [2.45, 2.75) is 0 Å². The summed E-state index contributed by atoms with van der Waals surface area (Å²) in [7, 11) is 0. The molecule has 2 aromatic heterocycles. The minimum Gasteiger partial charge on any atom is -0.306 e. The lowest BCUT2D eigenvalue weighted by atomic mass is 10.2. The van der Waals surface area contributed by atoms with Gasteiger partial charge in [-0.15, -0.1) is 0 Å². The van der Waals surface area contributed by atoms with Gasteiger partial charge in [0.15, 0.2) is 0 Å². The Bertz CT molecular complexity index is 564. The first-order chi connectivity index (χ1) is 8.15. The minimum atomic E-state index is -0.724. The lowest BCUT2D eigenvalue weighted by Crippen LogP contribution is -2.13. The number of hydrogen-bond donors (Lipinski definition) is 1. The van der Waals surface area contributed by atoms with Crippen LogP contribution in [0.3, 0.4) is 0 Å². The van der Waals surface area contributed by atoms with E-state index < -0.39 is 11.9 Å². The number of anilines is 1. The Morgan fingerprint density at radius 2 is 2.12 bits per heavy atom. The Labute approximate surface area is 101 Å². The molecule has 0 unspecified atom stereocenters. The zero-order chi connectivity index (χ0) is 12.3. The van der Waals surface area contributed by atoms with Crippen LogP contribution in [-0.2, 0) is 0 Å². The molecule has 0 atom stereocenters. The number of pyridine rings is 1. The third kappa shape index (κ3) is 2.94. The van der Waals surface area contributed by atoms with E-state index in [-0.39, 0.29) is 16.5 Å². The number of carbonyl (C=O) groups is 1. The number of hydrogen-bond acceptors (Lipinski definition) is 4. The molecule has 2 aromatic rings. The summed E-state index contributed by atoms with van der Waals surface area (Å²) in [6, 6.07) is 3.80. The normalized spacial score (nSPS) is 10.0. The fourth-order valence-corrected chi connectivity index (χ4v) is 1.28. The van der Waals surface area contributed by atoms with E-state index in [1.807, 2.05) is 0 Å². The summed E-state index contributed by atoms with van der Waals surface area (Å²) in [6.07, 6.45) is 2.42. The van der Waals surface area contributed by atoms with Gasteiger partial charge < -0.3 is 5.32 Å². The molecule has 1 amide bonds. The van der Waals surface area contributed by atoms with Crippen LogP contribution in [0.25, 0.3) is 0 Å². The van der Waals surface area contributed by atoms with Crippen molar-refractivity contribution in [3.8, 4) is 0 Å². The maximum absolute atomic E-state index is 12.8. The average molecular weight is 253 g/mol. The van der Waals surface area contributed by atoms with Crippen molar-refractivity contribution in [1.82, 2.24) is 15.0 Å². The van der Waals surface area contributed by atoms with Gasteiger partial charge in [0.2, 0.25) is 5.95 Å². The quantitative estimate of drug-likeness (QED) is 0.655. The highest BCUT2D eigenvalue weighted by molar-refractivity contribution is 6.29. The summed E-state index contributed by atoms with van der Waals surface area (Å²) < 4.78 is 12.8. The van der Waals surface area contributed by atoms with Crippen LogP contribution in [0, 0.1) is 5.95 Å². The highest BCUT2D eigenvalue weighted by atomic mass is 35.5. The lowest BCUT2D eigenvalue weighted by Gasteiger charge is -2.03. The summed E-state index contributed by atoms with van der Waals surface area (Å²) in [5, 5.41) is 2.66. The third-order valence-electron chi connectivity index (χ3n) is 1.86. The number of nitrogens with one attached hydrogen (secondary N) is 1. The van der Waals surface area contributed by atoms with Crippen molar-refractivity contribution in [2.75, 3.05) is 5.32 Å². The van der Waals surface area contributed by atoms with Gasteiger partial charge in [-0.05, 0) is 6.07 Å². The van der Waals surface area contributed by atoms with E-state index in [1.54, 1.807) is 0 Å². The third-order valence-corrected chi connectivity index (χ3v) is 2.07. The molecule has 2 rings (SSSR count). The van der Waals surface area contributed by atoms with Gasteiger partial charge in [-0.3, -0.25) is 4.79 Å². The van der Waals surface area contributed by atoms with Crippen molar-refractivity contribution >= 4 is 23.3 Å². The topological polar surface area (TPSA) is 67.8 Å². The molecule has 0 aliphatic rings. The highest BCUT2D eigenvalue weighted by Crippen LogP contribution is 2.10. The molecule has 2 heterocycles. The highest BCUT2D eigenvalue weighted by Gasteiger charge is 2.08. The monoisotopic (exact) mass is 252 g/mol. The molecule has 86 valence electrons. The second-order valence-corrected chi connectivity index (χ2v) is 3.43. The van der Waals surface area contributed by atoms with Gasteiger partial charge in [0, 0.05) is 23.9 Å². The van der Waals surface area contributed by atoms with Crippen molar-refractivity contribution in [3.05, 3.63) is 47.4 Å². The Balaban J connectivity index is 2.17. The van der Waals surface area contributed by atoms with Gasteiger partial charge in [-0.25, -0.2) is 15.0 Å². The molecule has 5 nitrogen and oxygen atoms in total. The smallest absolute Gasteiger partial charge is 0.257 e. The van der Waals surface area contributed by atoms with E-state index >= 15 is 0 Å². The summed E-state index contributed by atoms with van der Waals surface area (Å²) in [4.78, 5) is 22.5. The predicted molar refractivity (Wildman–Crippen MR) is 59.2 cm³/mol. The number of halogens is 2. The fourth-order valence-electron chi connectivity index (χ4n) is 1.13. The number of nitrogens with zero attached hydrogens (tertiary/aromatic N) is 3. The van der Waals surface area contributed by atoms with Crippen LogP contribution in [0.1, 0.15) is 10.4 Å². The van der Waals surface area contributed by atoms with Crippen LogP contribution < -0.4 is 5.32 Å². The zero-order valence-electron chi connectivity index (χ0n) is 8.39. The maximum atomic E-state index is 12.8. The van der Waals surface area contributed by atoms with Gasteiger partial charge in [0.1, 0.15) is 17.3 Å². The van der Waals surface area contributed by atoms with E-state index in [1.165, 1.54) is 24.7 Å². The summed E-state index contributed by atoms with van der Waals surface area (Å²) in [5.41, 5.74) is 0.146. The number of carbonyl (C=O) groups excluding carboxylic acids is 1.